The van der Waals surface area contributed by atoms with Crippen LogP contribution in [-0.4, -0.2) is 19.6 Å². The third-order valence-corrected chi connectivity index (χ3v) is 8.53. The second-order valence-corrected chi connectivity index (χ2v) is 11.3. The second kappa shape index (κ2) is 10.1. The van der Waals surface area contributed by atoms with Crippen molar-refractivity contribution in [2.45, 2.75) is 20.0 Å². The number of aromatic nitrogens is 3. The highest BCUT2D eigenvalue weighted by molar-refractivity contribution is 8.00. The summed E-state index contributed by atoms with van der Waals surface area (Å²) in [6, 6.07) is 20.0. The van der Waals surface area contributed by atoms with Gasteiger partial charge in [0, 0.05) is 16.8 Å². The van der Waals surface area contributed by atoms with E-state index in [0.29, 0.717) is 25.2 Å². The van der Waals surface area contributed by atoms with Crippen LogP contribution < -0.4 is 0 Å². The van der Waals surface area contributed by atoms with Crippen molar-refractivity contribution in [3.63, 3.8) is 0 Å². The van der Waals surface area contributed by atoms with Gasteiger partial charge in [0.2, 0.25) is 0 Å². The first-order valence-corrected chi connectivity index (χ1v) is 13.4. The Morgan fingerprint density at radius 2 is 1.31 bits per heavy atom. The van der Waals surface area contributed by atoms with Crippen molar-refractivity contribution in [1.82, 2.24) is 14.5 Å². The molecule has 0 unspecified atom stereocenters. The van der Waals surface area contributed by atoms with Crippen LogP contribution in [0.2, 0.25) is 20.1 Å². The summed E-state index contributed by atoms with van der Waals surface area (Å²) >= 11 is 27.5. The minimum Gasteiger partial charge on any atom is -0.508 e. The molecule has 0 amide bonds. The average molecular weight is 579 g/mol. The minimum absolute atomic E-state index is 0.212. The van der Waals surface area contributed by atoms with Crippen LogP contribution in [0.15, 0.2) is 86.7 Å². The van der Waals surface area contributed by atoms with Gasteiger partial charge >= 0.3 is 0 Å². The molecule has 0 aliphatic rings. The molecule has 176 valence electrons. The zero-order valence-corrected chi connectivity index (χ0v) is 22.6. The van der Waals surface area contributed by atoms with Crippen molar-refractivity contribution in [3.8, 4) is 17.0 Å². The lowest BCUT2D eigenvalue weighted by molar-refractivity contribution is 0.475. The summed E-state index contributed by atoms with van der Waals surface area (Å²) in [5.41, 5.74) is 2.67. The molecule has 0 bridgehead atoms. The normalized spacial score (nSPS) is 11.3. The molecule has 5 rings (SSSR count). The maximum absolute atomic E-state index is 9.70. The standard InChI is InChI=1S/C25H15Cl4N3OS2/c1-32-22(13-2-4-14(33)5-3-13)12-17-23(32)30-25(35-16-7-9-19(27)21(29)11-16)31-24(17)34-15-6-8-18(26)20(28)10-15/h2-12,33H,1H3. The molecule has 0 saturated heterocycles. The zero-order valence-electron chi connectivity index (χ0n) is 18.0. The number of phenols is 1. The van der Waals surface area contributed by atoms with Gasteiger partial charge in [0.1, 0.15) is 16.4 Å². The highest BCUT2D eigenvalue weighted by atomic mass is 35.5. The molecule has 0 atom stereocenters. The van der Waals surface area contributed by atoms with E-state index in [4.69, 9.17) is 56.4 Å². The van der Waals surface area contributed by atoms with E-state index in [1.54, 1.807) is 30.3 Å². The number of hydrogen-bond acceptors (Lipinski definition) is 5. The first kappa shape index (κ1) is 24.6. The number of phenolic OH excluding ortho intramolecular Hbond substituents is 1. The van der Waals surface area contributed by atoms with Crippen LogP contribution in [0.1, 0.15) is 0 Å². The molecule has 0 radical (unpaired) electrons. The lowest BCUT2D eigenvalue weighted by atomic mass is 10.1. The summed E-state index contributed by atoms with van der Waals surface area (Å²) < 4.78 is 2.02. The van der Waals surface area contributed by atoms with Crippen LogP contribution in [0, 0.1) is 0 Å². The fourth-order valence-corrected chi connectivity index (χ4v) is 5.98. The number of benzene rings is 3. The second-order valence-electron chi connectivity index (χ2n) is 7.54. The van der Waals surface area contributed by atoms with Gasteiger partial charge in [-0.3, -0.25) is 0 Å². The van der Waals surface area contributed by atoms with E-state index >= 15 is 0 Å². The Kier molecular flexibility index (Phi) is 7.13. The Balaban J connectivity index is 1.64. The van der Waals surface area contributed by atoms with Crippen LogP contribution in [0.3, 0.4) is 0 Å². The molecule has 2 heterocycles. The summed E-state index contributed by atoms with van der Waals surface area (Å²) in [4.78, 5) is 11.5. The van der Waals surface area contributed by atoms with Gasteiger partial charge in [0.15, 0.2) is 5.16 Å². The SMILES string of the molecule is Cn1c(-c2ccc(O)cc2)cc2c(Sc3ccc(Cl)c(Cl)c3)nc(Sc3ccc(Cl)c(Cl)c3)nc21. The van der Waals surface area contributed by atoms with Gasteiger partial charge < -0.3 is 9.67 Å². The number of fused-ring (bicyclic) bond motifs is 1. The highest BCUT2D eigenvalue weighted by Crippen LogP contribution is 2.40. The summed E-state index contributed by atoms with van der Waals surface area (Å²) in [5.74, 6) is 0.212. The summed E-state index contributed by atoms with van der Waals surface area (Å²) in [7, 11) is 1.96. The fraction of sp³-hybridized carbons (Fsp3) is 0.0400. The maximum Gasteiger partial charge on any atom is 0.195 e. The first-order chi connectivity index (χ1) is 16.8. The first-order valence-electron chi connectivity index (χ1n) is 10.2. The summed E-state index contributed by atoms with van der Waals surface area (Å²) in [5, 5.41) is 13.9. The lowest BCUT2D eigenvalue weighted by Gasteiger charge is -2.08. The third kappa shape index (κ3) is 5.24. The Morgan fingerprint density at radius 1 is 0.714 bits per heavy atom. The smallest absolute Gasteiger partial charge is 0.195 e. The van der Waals surface area contributed by atoms with E-state index in [1.807, 2.05) is 41.9 Å². The van der Waals surface area contributed by atoms with Crippen molar-refractivity contribution in [2.24, 2.45) is 7.05 Å². The maximum atomic E-state index is 9.70. The number of aryl methyl sites for hydroxylation is 1. The fourth-order valence-electron chi connectivity index (χ4n) is 3.48. The third-order valence-electron chi connectivity index (χ3n) is 5.20. The quantitative estimate of drug-likeness (QED) is 0.166. The molecule has 0 saturated carbocycles. The molecule has 35 heavy (non-hydrogen) atoms. The summed E-state index contributed by atoms with van der Waals surface area (Å²) in [6.45, 7) is 0. The van der Waals surface area contributed by atoms with E-state index in [-0.39, 0.29) is 5.75 Å². The van der Waals surface area contributed by atoms with Crippen molar-refractivity contribution in [1.29, 1.82) is 0 Å². The molecule has 0 fully saturated rings. The predicted octanol–water partition coefficient (Wildman–Crippen LogP) is 9.26. The molecule has 0 aliphatic heterocycles. The van der Waals surface area contributed by atoms with Crippen molar-refractivity contribution >= 4 is 81.0 Å². The van der Waals surface area contributed by atoms with Gasteiger partial charge in [0.25, 0.3) is 0 Å². The van der Waals surface area contributed by atoms with Gasteiger partial charge in [-0.15, -0.1) is 0 Å². The number of aromatic hydroxyl groups is 1. The average Bonchev–Trinajstić information content (AvgIpc) is 3.16. The van der Waals surface area contributed by atoms with E-state index in [0.717, 1.165) is 37.1 Å². The molecular weight excluding hydrogens is 564 g/mol. The molecule has 0 aliphatic carbocycles. The van der Waals surface area contributed by atoms with Crippen LogP contribution in [-0.2, 0) is 7.05 Å². The molecule has 10 heteroatoms. The van der Waals surface area contributed by atoms with Gasteiger partial charge in [-0.05, 0) is 84.1 Å². The van der Waals surface area contributed by atoms with E-state index in [1.165, 1.54) is 23.5 Å². The van der Waals surface area contributed by atoms with E-state index in [2.05, 4.69) is 6.07 Å². The zero-order chi connectivity index (χ0) is 24.7. The Labute approximate surface area is 230 Å². The van der Waals surface area contributed by atoms with Crippen LogP contribution in [0.4, 0.5) is 0 Å². The van der Waals surface area contributed by atoms with Gasteiger partial charge in [-0.2, -0.15) is 0 Å². The Morgan fingerprint density at radius 3 is 1.91 bits per heavy atom. The molecule has 1 N–H and O–H groups in total. The number of rotatable bonds is 5. The van der Waals surface area contributed by atoms with Crippen molar-refractivity contribution in [2.75, 3.05) is 0 Å². The van der Waals surface area contributed by atoms with Gasteiger partial charge in [0.05, 0.1) is 31.2 Å². The highest BCUT2D eigenvalue weighted by Gasteiger charge is 2.18. The van der Waals surface area contributed by atoms with Crippen molar-refractivity contribution in [3.05, 3.63) is 86.8 Å². The molecular formula is C25H15Cl4N3OS2. The van der Waals surface area contributed by atoms with Crippen LogP contribution in [0.5, 0.6) is 5.75 Å². The topological polar surface area (TPSA) is 50.9 Å². The Bertz CT molecular complexity index is 1570. The van der Waals surface area contributed by atoms with E-state index in [9.17, 15) is 5.11 Å². The summed E-state index contributed by atoms with van der Waals surface area (Å²) in [6.07, 6.45) is 0. The molecule has 5 aromatic rings. The van der Waals surface area contributed by atoms with Crippen molar-refractivity contribution < 1.29 is 5.11 Å². The number of hydrogen-bond donors (Lipinski definition) is 1. The largest absolute Gasteiger partial charge is 0.508 e. The number of halogens is 4. The van der Waals surface area contributed by atoms with Gasteiger partial charge in [-0.1, -0.05) is 58.2 Å². The molecule has 3 aromatic carbocycles. The Hall–Kier alpha value is -2.06. The lowest BCUT2D eigenvalue weighted by Crippen LogP contribution is -1.97. The molecule has 0 spiro atoms. The van der Waals surface area contributed by atoms with Crippen LogP contribution in [0.25, 0.3) is 22.3 Å². The van der Waals surface area contributed by atoms with Gasteiger partial charge in [-0.25, -0.2) is 9.97 Å². The minimum atomic E-state index is 0.212. The van der Waals surface area contributed by atoms with E-state index < -0.39 is 0 Å². The number of nitrogens with zero attached hydrogens (tertiary/aromatic N) is 3. The molecule has 4 nitrogen and oxygen atoms in total. The molecule has 2 aromatic heterocycles. The predicted molar refractivity (Wildman–Crippen MR) is 147 cm³/mol. The monoisotopic (exact) mass is 577 g/mol. The van der Waals surface area contributed by atoms with Crippen LogP contribution >= 0.6 is 69.9 Å².